The van der Waals surface area contributed by atoms with Gasteiger partial charge in [-0.1, -0.05) is 18.2 Å². The van der Waals surface area contributed by atoms with Gasteiger partial charge in [0.15, 0.2) is 5.96 Å². The molecule has 7 heteroatoms. The summed E-state index contributed by atoms with van der Waals surface area (Å²) in [6, 6.07) is 10.1. The first-order chi connectivity index (χ1) is 12.2. The first-order valence-electron chi connectivity index (χ1n) is 8.53. The lowest BCUT2D eigenvalue weighted by Gasteiger charge is -2.38. The molecule has 0 aliphatic carbocycles. The second-order valence-electron chi connectivity index (χ2n) is 6.43. The summed E-state index contributed by atoms with van der Waals surface area (Å²) in [6.45, 7) is 4.74. The van der Waals surface area contributed by atoms with Crippen LogP contribution in [0.5, 0.6) is 0 Å². The van der Waals surface area contributed by atoms with E-state index < -0.39 is 6.10 Å². The molecule has 136 valence electrons. The van der Waals surface area contributed by atoms with Crippen LogP contribution in [0.3, 0.4) is 0 Å². The summed E-state index contributed by atoms with van der Waals surface area (Å²) < 4.78 is 6.37. The summed E-state index contributed by atoms with van der Waals surface area (Å²) in [4.78, 5) is 5.47. The van der Waals surface area contributed by atoms with Crippen molar-refractivity contribution in [2.75, 3.05) is 39.5 Å². The predicted octanol–water partition coefficient (Wildman–Crippen LogP) is 1.50. The van der Waals surface area contributed by atoms with Crippen LogP contribution in [-0.2, 0) is 4.74 Å². The highest BCUT2D eigenvalue weighted by Crippen LogP contribution is 2.29. The number of benzene rings is 1. The largest absolute Gasteiger partial charge is 0.396 e. The van der Waals surface area contributed by atoms with Crippen LogP contribution in [0.2, 0.25) is 0 Å². The molecule has 4 N–H and O–H groups in total. The Bertz CT molecular complexity index is 689. The first-order valence-corrected chi connectivity index (χ1v) is 9.35. The zero-order valence-electron chi connectivity index (χ0n) is 14.4. The maximum atomic E-state index is 10.5. The normalized spacial score (nSPS) is 18.0. The van der Waals surface area contributed by atoms with Crippen molar-refractivity contribution >= 4 is 27.4 Å². The lowest BCUT2D eigenvalue weighted by Crippen LogP contribution is -2.49. The molecule has 2 aromatic rings. The molecule has 2 heterocycles. The van der Waals surface area contributed by atoms with Gasteiger partial charge in [-0.2, -0.15) is 0 Å². The number of ether oxygens (including phenoxy) is 1. The number of aliphatic imine (C=N–C) groups is 1. The molecule has 3 rings (SSSR count). The van der Waals surface area contributed by atoms with Crippen molar-refractivity contribution in [2.45, 2.75) is 13.0 Å². The van der Waals surface area contributed by atoms with Gasteiger partial charge in [-0.05, 0) is 24.4 Å². The number of nitrogens with one attached hydrogen (secondary N) is 2. The third-order valence-corrected chi connectivity index (χ3v) is 5.52. The molecule has 1 atom stereocenters. The monoisotopic (exact) mass is 363 g/mol. The Kier molecular flexibility index (Phi) is 5.90. The third-order valence-electron chi connectivity index (χ3n) is 4.30. The summed E-state index contributed by atoms with van der Waals surface area (Å²) in [5.41, 5.74) is -0.257. The number of rotatable bonds is 7. The lowest BCUT2D eigenvalue weighted by molar-refractivity contribution is -0.130. The Balaban J connectivity index is 1.60. The Morgan fingerprint density at radius 1 is 1.36 bits per heavy atom. The van der Waals surface area contributed by atoms with Gasteiger partial charge >= 0.3 is 0 Å². The van der Waals surface area contributed by atoms with Crippen LogP contribution < -0.4 is 10.6 Å². The summed E-state index contributed by atoms with van der Waals surface area (Å²) in [5.74, 6) is 0.641. The Hall–Kier alpha value is -1.67. The zero-order chi connectivity index (χ0) is 17.7. The first kappa shape index (κ1) is 18.1. The zero-order valence-corrected chi connectivity index (χ0v) is 15.2. The van der Waals surface area contributed by atoms with Gasteiger partial charge in [-0.15, -0.1) is 11.3 Å². The second-order valence-corrected chi connectivity index (χ2v) is 7.54. The molecular formula is C18H25N3O3S. The topological polar surface area (TPSA) is 86.1 Å². The highest BCUT2D eigenvalue weighted by molar-refractivity contribution is 7.19. The second kappa shape index (κ2) is 8.14. The molecule has 0 bridgehead atoms. The van der Waals surface area contributed by atoms with Gasteiger partial charge < -0.3 is 25.6 Å². The van der Waals surface area contributed by atoms with Crippen LogP contribution in [0, 0.1) is 5.41 Å². The van der Waals surface area contributed by atoms with E-state index in [-0.39, 0.29) is 12.0 Å². The van der Waals surface area contributed by atoms with Gasteiger partial charge in [0.2, 0.25) is 0 Å². The van der Waals surface area contributed by atoms with Crippen LogP contribution >= 0.6 is 11.3 Å². The molecule has 0 saturated carbocycles. The molecule has 25 heavy (non-hydrogen) atoms. The molecule has 1 unspecified atom stereocenters. The van der Waals surface area contributed by atoms with E-state index in [1.165, 1.54) is 4.70 Å². The van der Waals surface area contributed by atoms with Gasteiger partial charge in [0.1, 0.15) is 6.10 Å². The van der Waals surface area contributed by atoms with Gasteiger partial charge in [0, 0.05) is 22.7 Å². The summed E-state index contributed by atoms with van der Waals surface area (Å²) in [6.07, 6.45) is -0.597. The van der Waals surface area contributed by atoms with Crippen molar-refractivity contribution in [3.8, 4) is 0 Å². The van der Waals surface area contributed by atoms with Crippen molar-refractivity contribution in [2.24, 2.45) is 10.4 Å². The molecular weight excluding hydrogens is 338 g/mol. The number of nitrogens with zero attached hydrogens (tertiary/aromatic N) is 1. The summed E-state index contributed by atoms with van der Waals surface area (Å²) in [7, 11) is 0. The SMILES string of the molecule is CCNC(=NCC1(CO)COC1)NCC(O)c1cc2ccccc2s1. The molecule has 1 aromatic heterocycles. The van der Waals surface area contributed by atoms with E-state index >= 15 is 0 Å². The van der Waals surface area contributed by atoms with Gasteiger partial charge in [0.05, 0.1) is 31.8 Å². The van der Waals surface area contributed by atoms with Crippen molar-refractivity contribution < 1.29 is 14.9 Å². The average molecular weight is 363 g/mol. The van der Waals surface area contributed by atoms with Gasteiger partial charge in [-0.25, -0.2) is 0 Å². The van der Waals surface area contributed by atoms with Crippen LogP contribution in [-0.4, -0.2) is 55.6 Å². The Morgan fingerprint density at radius 3 is 2.80 bits per heavy atom. The number of thiophene rings is 1. The van der Waals surface area contributed by atoms with E-state index in [2.05, 4.69) is 27.8 Å². The van der Waals surface area contributed by atoms with Gasteiger partial charge in [-0.3, -0.25) is 4.99 Å². The van der Waals surface area contributed by atoms with E-state index in [9.17, 15) is 10.2 Å². The molecule has 6 nitrogen and oxygen atoms in total. The maximum Gasteiger partial charge on any atom is 0.191 e. The molecule has 0 radical (unpaired) electrons. The molecule has 1 fully saturated rings. The van der Waals surface area contributed by atoms with Crippen LogP contribution in [0.4, 0.5) is 0 Å². The molecule has 1 saturated heterocycles. The number of aliphatic hydroxyl groups excluding tert-OH is 2. The molecule has 0 spiro atoms. The Morgan fingerprint density at radius 2 is 2.16 bits per heavy atom. The fraction of sp³-hybridized carbons (Fsp3) is 0.500. The number of aliphatic hydroxyl groups is 2. The van der Waals surface area contributed by atoms with Crippen molar-refractivity contribution in [1.29, 1.82) is 0 Å². The predicted molar refractivity (Wildman–Crippen MR) is 101 cm³/mol. The van der Waals surface area contributed by atoms with Crippen LogP contribution in [0.15, 0.2) is 35.3 Å². The molecule has 1 aromatic carbocycles. The van der Waals surface area contributed by atoms with Crippen LogP contribution in [0.25, 0.3) is 10.1 Å². The quantitative estimate of drug-likeness (QED) is 0.442. The smallest absolute Gasteiger partial charge is 0.191 e. The van der Waals surface area contributed by atoms with E-state index in [0.717, 1.165) is 16.8 Å². The minimum absolute atomic E-state index is 0.0698. The van der Waals surface area contributed by atoms with E-state index in [1.807, 2.05) is 25.1 Å². The van der Waals surface area contributed by atoms with Crippen LogP contribution in [0.1, 0.15) is 17.9 Å². The molecule has 0 amide bonds. The maximum absolute atomic E-state index is 10.5. The van der Waals surface area contributed by atoms with E-state index in [1.54, 1.807) is 11.3 Å². The number of fused-ring (bicyclic) bond motifs is 1. The van der Waals surface area contributed by atoms with Crippen molar-refractivity contribution in [3.63, 3.8) is 0 Å². The van der Waals surface area contributed by atoms with Crippen molar-refractivity contribution in [1.82, 2.24) is 10.6 Å². The standard InChI is InChI=1S/C18H25N3O3S/c1-2-19-17(21-9-18(10-22)11-24-12-18)20-8-14(23)16-7-13-5-3-4-6-15(13)25-16/h3-7,14,22-23H,2,8-12H2,1H3,(H2,19,20,21). The van der Waals surface area contributed by atoms with E-state index in [4.69, 9.17) is 4.74 Å². The number of guanidine groups is 1. The number of hydrogen-bond donors (Lipinski definition) is 4. The highest BCUT2D eigenvalue weighted by atomic mass is 32.1. The average Bonchev–Trinajstić information content (AvgIpc) is 3.03. The number of hydrogen-bond acceptors (Lipinski definition) is 5. The minimum Gasteiger partial charge on any atom is -0.396 e. The Labute approximate surface area is 151 Å². The highest BCUT2D eigenvalue weighted by Gasteiger charge is 2.38. The third kappa shape index (κ3) is 4.30. The van der Waals surface area contributed by atoms with E-state index in [0.29, 0.717) is 32.3 Å². The molecule has 1 aliphatic rings. The molecule has 1 aliphatic heterocycles. The van der Waals surface area contributed by atoms with Crippen molar-refractivity contribution in [3.05, 3.63) is 35.2 Å². The summed E-state index contributed by atoms with van der Waals surface area (Å²) >= 11 is 1.60. The fourth-order valence-corrected chi connectivity index (χ4v) is 3.72. The van der Waals surface area contributed by atoms with Gasteiger partial charge in [0.25, 0.3) is 0 Å². The summed E-state index contributed by atoms with van der Waals surface area (Å²) in [5, 5.41) is 27.5. The fourth-order valence-electron chi connectivity index (χ4n) is 2.67. The lowest BCUT2D eigenvalue weighted by atomic mass is 9.87. The minimum atomic E-state index is -0.597.